The monoisotopic (exact) mass is 533 g/mol. The Morgan fingerprint density at radius 3 is 2.39 bits per heavy atom. The zero-order valence-corrected chi connectivity index (χ0v) is 18.9. The summed E-state index contributed by atoms with van der Waals surface area (Å²) in [6.07, 6.45) is -4.13. The molecule has 3 heterocycles. The fraction of sp³-hybridized carbons (Fsp3) is 0.350. The topological polar surface area (TPSA) is 82.8 Å². The lowest BCUT2D eigenvalue weighted by Gasteiger charge is -2.19. The van der Waals surface area contributed by atoms with Crippen molar-refractivity contribution >= 4 is 21.7 Å². The number of hydrogen-bond donors (Lipinski definition) is 0. The molecule has 0 amide bonds. The van der Waals surface area contributed by atoms with Gasteiger partial charge in [-0.25, -0.2) is 13.8 Å². The van der Waals surface area contributed by atoms with Gasteiger partial charge in [-0.15, -0.1) is 4.80 Å². The number of carbonyl (C=O) groups is 1. The largest absolute Gasteiger partial charge is 0.420 e. The maximum Gasteiger partial charge on any atom is 0.420 e. The smallest absolute Gasteiger partial charge is 0.377 e. The molecule has 176 valence electrons. The summed E-state index contributed by atoms with van der Waals surface area (Å²) in [6.45, 7) is 1.62. The SMILES string of the molecule is CO[C@H](C)c1c(CC(=O)Cc2cnc(-n3nccn3)c(C(F)(F)F)c2)cnc(C(F)F)c1Br. The molecule has 0 bridgehead atoms. The first-order valence-corrected chi connectivity index (χ1v) is 10.2. The molecule has 3 aromatic heterocycles. The molecule has 0 saturated carbocycles. The number of Topliss-reactive ketones (excluding diaryl/α,β-unsaturated/α-hetero) is 1. The molecule has 0 aliphatic rings. The third-order valence-corrected chi connectivity index (χ3v) is 5.59. The van der Waals surface area contributed by atoms with Crippen molar-refractivity contribution < 1.29 is 31.5 Å². The summed E-state index contributed by atoms with van der Waals surface area (Å²) >= 11 is 3.11. The maximum absolute atomic E-state index is 13.6. The second-order valence-electron chi connectivity index (χ2n) is 7.00. The Labute approximate surface area is 193 Å². The van der Waals surface area contributed by atoms with Crippen LogP contribution in [-0.2, 0) is 28.5 Å². The van der Waals surface area contributed by atoms with Crippen LogP contribution in [0.25, 0.3) is 5.82 Å². The van der Waals surface area contributed by atoms with Gasteiger partial charge in [0.2, 0.25) is 0 Å². The molecule has 7 nitrogen and oxygen atoms in total. The Balaban J connectivity index is 1.89. The summed E-state index contributed by atoms with van der Waals surface area (Å²) in [5.41, 5.74) is -0.909. The molecule has 3 rings (SSSR count). The molecule has 0 aliphatic carbocycles. The van der Waals surface area contributed by atoms with Crippen LogP contribution in [0, 0.1) is 0 Å². The average molecular weight is 534 g/mol. The number of halogens is 6. The Bertz CT molecular complexity index is 1140. The molecule has 0 spiro atoms. The molecule has 33 heavy (non-hydrogen) atoms. The van der Waals surface area contributed by atoms with Crippen LogP contribution in [0.2, 0.25) is 0 Å². The van der Waals surface area contributed by atoms with Crippen molar-refractivity contribution in [2.24, 2.45) is 0 Å². The molecule has 0 saturated heterocycles. The number of ketones is 1. The van der Waals surface area contributed by atoms with E-state index in [1.807, 2.05) is 0 Å². The fourth-order valence-corrected chi connectivity index (χ4v) is 4.05. The summed E-state index contributed by atoms with van der Waals surface area (Å²) < 4.78 is 72.3. The van der Waals surface area contributed by atoms with Crippen LogP contribution >= 0.6 is 15.9 Å². The predicted molar refractivity (Wildman–Crippen MR) is 109 cm³/mol. The molecule has 0 aromatic carbocycles. The van der Waals surface area contributed by atoms with Crippen molar-refractivity contribution in [1.29, 1.82) is 0 Å². The molecule has 1 atom stereocenters. The number of aromatic nitrogens is 5. The van der Waals surface area contributed by atoms with E-state index in [4.69, 9.17) is 4.74 Å². The predicted octanol–water partition coefficient (Wildman–Crippen LogP) is 4.84. The lowest BCUT2D eigenvalue weighted by atomic mass is 9.97. The van der Waals surface area contributed by atoms with Gasteiger partial charge in [-0.05, 0) is 40.0 Å². The van der Waals surface area contributed by atoms with Gasteiger partial charge in [0, 0.05) is 37.9 Å². The van der Waals surface area contributed by atoms with E-state index in [0.29, 0.717) is 11.1 Å². The first-order valence-electron chi connectivity index (χ1n) is 9.45. The van der Waals surface area contributed by atoms with Crippen LogP contribution < -0.4 is 0 Å². The van der Waals surface area contributed by atoms with Crippen LogP contribution in [0.5, 0.6) is 0 Å². The van der Waals surface area contributed by atoms with Crippen molar-refractivity contribution in [3.63, 3.8) is 0 Å². The Morgan fingerprint density at radius 1 is 1.15 bits per heavy atom. The summed E-state index contributed by atoms with van der Waals surface area (Å²) in [5.74, 6) is -0.978. The first kappa shape index (κ1) is 24.8. The lowest BCUT2D eigenvalue weighted by Crippen LogP contribution is -2.17. The normalized spacial score (nSPS) is 12.9. The fourth-order valence-electron chi connectivity index (χ4n) is 3.20. The van der Waals surface area contributed by atoms with Crippen LogP contribution in [0.4, 0.5) is 22.0 Å². The van der Waals surface area contributed by atoms with Crippen LogP contribution in [-0.4, -0.2) is 37.9 Å². The second kappa shape index (κ2) is 10.00. The number of rotatable bonds is 8. The van der Waals surface area contributed by atoms with E-state index in [1.54, 1.807) is 6.92 Å². The standard InChI is InChI=1S/C20H17BrF5N5O2/c1-10(33-2)15-12(9-27-17(16(15)21)18(22)23)7-13(32)5-11-6-14(20(24,25)26)19(28-8-11)31-29-3-4-30-31/h3-4,6,8-10,18H,5,7H2,1-2H3/t10-/m1/s1. The van der Waals surface area contributed by atoms with Gasteiger partial charge in [-0.1, -0.05) is 0 Å². The van der Waals surface area contributed by atoms with E-state index in [0.717, 1.165) is 23.3 Å². The molecule has 0 fully saturated rings. The summed E-state index contributed by atoms with van der Waals surface area (Å²) in [5, 5.41) is 7.34. The summed E-state index contributed by atoms with van der Waals surface area (Å²) in [7, 11) is 1.38. The van der Waals surface area contributed by atoms with E-state index < -0.39 is 41.6 Å². The van der Waals surface area contributed by atoms with E-state index in [-0.39, 0.29) is 22.9 Å². The van der Waals surface area contributed by atoms with Crippen LogP contribution in [0.15, 0.2) is 35.3 Å². The molecular formula is C20H17BrF5N5O2. The molecule has 0 N–H and O–H groups in total. The molecular weight excluding hydrogens is 517 g/mol. The van der Waals surface area contributed by atoms with Crippen LogP contribution in [0.1, 0.15) is 47.4 Å². The zero-order chi connectivity index (χ0) is 24.3. The van der Waals surface area contributed by atoms with Gasteiger partial charge >= 0.3 is 6.18 Å². The van der Waals surface area contributed by atoms with Gasteiger partial charge in [0.15, 0.2) is 5.82 Å². The number of hydrogen-bond acceptors (Lipinski definition) is 6. The van der Waals surface area contributed by atoms with Gasteiger partial charge in [-0.2, -0.15) is 23.4 Å². The minimum absolute atomic E-state index is 0.0225. The molecule has 0 radical (unpaired) electrons. The zero-order valence-electron chi connectivity index (χ0n) is 17.3. The highest BCUT2D eigenvalue weighted by molar-refractivity contribution is 9.10. The number of methoxy groups -OCH3 is 1. The highest BCUT2D eigenvalue weighted by Gasteiger charge is 2.36. The van der Waals surface area contributed by atoms with E-state index in [9.17, 15) is 26.7 Å². The highest BCUT2D eigenvalue weighted by atomic mass is 79.9. The van der Waals surface area contributed by atoms with Gasteiger partial charge in [0.05, 0.1) is 23.0 Å². The number of ether oxygens (including phenoxy) is 1. The van der Waals surface area contributed by atoms with E-state index >= 15 is 0 Å². The Kier molecular flexibility index (Phi) is 7.52. The summed E-state index contributed by atoms with van der Waals surface area (Å²) in [6, 6.07) is 0.816. The highest BCUT2D eigenvalue weighted by Crippen LogP contribution is 2.36. The van der Waals surface area contributed by atoms with Crippen molar-refractivity contribution in [1.82, 2.24) is 25.0 Å². The first-order chi connectivity index (χ1) is 15.5. The number of carbonyl (C=O) groups excluding carboxylic acids is 1. The third-order valence-electron chi connectivity index (χ3n) is 4.76. The van der Waals surface area contributed by atoms with Crippen molar-refractivity contribution in [2.45, 2.75) is 38.5 Å². The minimum Gasteiger partial charge on any atom is -0.377 e. The van der Waals surface area contributed by atoms with Crippen molar-refractivity contribution in [3.05, 3.63) is 63.3 Å². The van der Waals surface area contributed by atoms with Gasteiger partial charge < -0.3 is 4.74 Å². The number of alkyl halides is 5. The quantitative estimate of drug-likeness (QED) is 0.385. The second-order valence-corrected chi connectivity index (χ2v) is 7.79. The molecule has 0 unspecified atom stereocenters. The Hall–Kier alpha value is -2.80. The number of nitrogens with zero attached hydrogens (tertiary/aromatic N) is 5. The third kappa shape index (κ3) is 5.58. The average Bonchev–Trinajstić information content (AvgIpc) is 3.27. The van der Waals surface area contributed by atoms with E-state index in [2.05, 4.69) is 36.1 Å². The minimum atomic E-state index is -4.75. The van der Waals surface area contributed by atoms with Gasteiger partial charge in [-0.3, -0.25) is 9.78 Å². The lowest BCUT2D eigenvalue weighted by molar-refractivity contribution is -0.138. The maximum atomic E-state index is 13.6. The van der Waals surface area contributed by atoms with E-state index in [1.165, 1.54) is 19.5 Å². The van der Waals surface area contributed by atoms with Gasteiger partial charge in [0.1, 0.15) is 17.0 Å². The summed E-state index contributed by atoms with van der Waals surface area (Å²) in [4.78, 5) is 20.9. The molecule has 0 aliphatic heterocycles. The number of pyridine rings is 2. The Morgan fingerprint density at radius 2 is 1.82 bits per heavy atom. The van der Waals surface area contributed by atoms with Gasteiger partial charge in [0.25, 0.3) is 6.43 Å². The molecule has 13 heteroatoms. The molecule has 3 aromatic rings. The van der Waals surface area contributed by atoms with Crippen molar-refractivity contribution in [3.8, 4) is 5.82 Å². The van der Waals surface area contributed by atoms with Crippen molar-refractivity contribution in [2.75, 3.05) is 7.11 Å². The van der Waals surface area contributed by atoms with Crippen LogP contribution in [0.3, 0.4) is 0 Å².